The second kappa shape index (κ2) is 8.92. The van der Waals surface area contributed by atoms with E-state index in [4.69, 9.17) is 20.0 Å². The maximum atomic E-state index is 6.17. The van der Waals surface area contributed by atoms with Gasteiger partial charge in [0.15, 0.2) is 0 Å². The molecular formula is C25H31N5O2. The number of nitrogens with zero attached hydrogens (tertiary/aromatic N) is 2. The van der Waals surface area contributed by atoms with Gasteiger partial charge in [-0.2, -0.15) is 4.98 Å². The first-order valence-corrected chi connectivity index (χ1v) is 11.6. The van der Waals surface area contributed by atoms with Crippen LogP contribution in [0.15, 0.2) is 40.9 Å². The van der Waals surface area contributed by atoms with E-state index in [1.165, 1.54) is 24.0 Å². The molecule has 1 aliphatic carbocycles. The smallest absolute Gasteiger partial charge is 0.258 e. The zero-order valence-corrected chi connectivity index (χ0v) is 18.7. The van der Waals surface area contributed by atoms with Crippen LogP contribution in [0.25, 0.3) is 22.8 Å². The van der Waals surface area contributed by atoms with E-state index >= 15 is 0 Å². The molecule has 0 amide bonds. The van der Waals surface area contributed by atoms with Crippen LogP contribution in [0.4, 0.5) is 5.69 Å². The van der Waals surface area contributed by atoms with Crippen molar-refractivity contribution in [1.82, 2.24) is 20.8 Å². The van der Waals surface area contributed by atoms with Crippen LogP contribution >= 0.6 is 0 Å². The Labute approximate surface area is 188 Å². The lowest BCUT2D eigenvalue weighted by Gasteiger charge is -2.27. The zero-order valence-electron chi connectivity index (χ0n) is 18.7. The maximum Gasteiger partial charge on any atom is 0.258 e. The van der Waals surface area contributed by atoms with Crippen molar-refractivity contribution in [1.29, 1.82) is 0 Å². The maximum absolute atomic E-state index is 6.17. The summed E-state index contributed by atoms with van der Waals surface area (Å²) in [5.41, 5.74) is 11.3. The number of fused-ring (bicyclic) bond motifs is 1. The minimum atomic E-state index is 0.0615. The number of hydrogen-bond acceptors (Lipinski definition) is 7. The van der Waals surface area contributed by atoms with Crippen molar-refractivity contribution in [2.24, 2.45) is 0 Å². The summed E-state index contributed by atoms with van der Waals surface area (Å²) < 4.78 is 11.3. The molecule has 4 N–H and O–H groups in total. The highest BCUT2D eigenvalue weighted by Crippen LogP contribution is 2.38. The van der Waals surface area contributed by atoms with E-state index in [9.17, 15) is 0 Å². The standard InChI is InChI=1S/C25H31N5O2/c1-15(2)31-23-9-6-16(14-21(23)26)25-29-24(30-32-25)20-5-3-4-19-18(20)7-8-22(19)28-17-10-12-27-13-11-17/h3-6,9,14-15,17,22,27-28H,7-8,10-13,26H2,1-2H3. The van der Waals surface area contributed by atoms with Gasteiger partial charge in [0.25, 0.3) is 5.89 Å². The molecule has 1 saturated heterocycles. The first-order chi connectivity index (χ1) is 15.6. The predicted molar refractivity (Wildman–Crippen MR) is 125 cm³/mol. The van der Waals surface area contributed by atoms with Gasteiger partial charge < -0.3 is 25.6 Å². The molecule has 0 spiro atoms. The Hall–Kier alpha value is -2.90. The van der Waals surface area contributed by atoms with E-state index in [2.05, 4.69) is 34.0 Å². The molecule has 1 unspecified atom stereocenters. The van der Waals surface area contributed by atoms with E-state index in [1.807, 2.05) is 32.0 Å². The summed E-state index contributed by atoms with van der Waals surface area (Å²) in [5.74, 6) is 1.75. The van der Waals surface area contributed by atoms with Crippen LogP contribution in [0.5, 0.6) is 5.75 Å². The highest BCUT2D eigenvalue weighted by Gasteiger charge is 2.28. The van der Waals surface area contributed by atoms with Crippen LogP contribution in [-0.4, -0.2) is 35.4 Å². The molecule has 2 heterocycles. The van der Waals surface area contributed by atoms with Crippen molar-refractivity contribution in [3.05, 3.63) is 47.5 Å². The fourth-order valence-corrected chi connectivity index (χ4v) is 4.80. The second-order valence-corrected chi connectivity index (χ2v) is 9.00. The largest absolute Gasteiger partial charge is 0.489 e. The molecule has 32 heavy (non-hydrogen) atoms. The molecule has 2 aromatic carbocycles. The molecule has 7 heteroatoms. The van der Waals surface area contributed by atoms with Crippen molar-refractivity contribution < 1.29 is 9.26 Å². The first kappa shape index (κ1) is 21.0. The van der Waals surface area contributed by atoms with Crippen LogP contribution in [0.2, 0.25) is 0 Å². The third-order valence-corrected chi connectivity index (χ3v) is 6.33. The number of piperidine rings is 1. The van der Waals surface area contributed by atoms with Crippen LogP contribution in [0, 0.1) is 0 Å². The topological polar surface area (TPSA) is 98.2 Å². The molecule has 0 radical (unpaired) electrons. The number of rotatable bonds is 6. The second-order valence-electron chi connectivity index (χ2n) is 9.00. The number of nitrogens with two attached hydrogens (primary N) is 1. The summed E-state index contributed by atoms with van der Waals surface area (Å²) in [6, 6.07) is 13.0. The average molecular weight is 434 g/mol. The van der Waals surface area contributed by atoms with E-state index in [1.54, 1.807) is 0 Å². The summed E-state index contributed by atoms with van der Waals surface area (Å²) in [6.45, 7) is 6.14. The van der Waals surface area contributed by atoms with Gasteiger partial charge in [-0.05, 0) is 81.9 Å². The lowest BCUT2D eigenvalue weighted by molar-refractivity contribution is 0.244. The molecule has 2 aliphatic rings. The quantitative estimate of drug-likeness (QED) is 0.503. The third-order valence-electron chi connectivity index (χ3n) is 6.33. The van der Waals surface area contributed by atoms with Crippen molar-refractivity contribution in [3.63, 3.8) is 0 Å². The lowest BCUT2D eigenvalue weighted by Crippen LogP contribution is -2.41. The van der Waals surface area contributed by atoms with Gasteiger partial charge in [0.2, 0.25) is 5.82 Å². The Morgan fingerprint density at radius 3 is 2.78 bits per heavy atom. The highest BCUT2D eigenvalue weighted by molar-refractivity contribution is 5.69. The molecule has 0 bridgehead atoms. The molecule has 7 nitrogen and oxygen atoms in total. The Morgan fingerprint density at radius 2 is 2.00 bits per heavy atom. The number of aromatic nitrogens is 2. The number of benzene rings is 2. The van der Waals surface area contributed by atoms with Crippen molar-refractivity contribution in [3.8, 4) is 28.6 Å². The molecular weight excluding hydrogens is 402 g/mol. The minimum absolute atomic E-state index is 0.0615. The van der Waals surface area contributed by atoms with Gasteiger partial charge in [-0.1, -0.05) is 23.4 Å². The molecule has 1 aromatic heterocycles. The Balaban J connectivity index is 1.38. The molecule has 3 aromatic rings. The molecule has 168 valence electrons. The normalized spacial score (nSPS) is 18.8. The van der Waals surface area contributed by atoms with E-state index in [0.29, 0.717) is 35.2 Å². The van der Waals surface area contributed by atoms with Gasteiger partial charge in [0, 0.05) is 23.2 Å². The highest BCUT2D eigenvalue weighted by atomic mass is 16.5. The Bertz CT molecular complexity index is 1090. The average Bonchev–Trinajstić information content (AvgIpc) is 3.43. The fourth-order valence-electron chi connectivity index (χ4n) is 4.80. The Morgan fingerprint density at radius 1 is 1.16 bits per heavy atom. The van der Waals surface area contributed by atoms with Crippen LogP contribution in [0.1, 0.15) is 50.3 Å². The first-order valence-electron chi connectivity index (χ1n) is 11.6. The zero-order chi connectivity index (χ0) is 22.1. The summed E-state index contributed by atoms with van der Waals surface area (Å²) in [7, 11) is 0. The number of nitrogens with one attached hydrogen (secondary N) is 2. The van der Waals surface area contributed by atoms with Gasteiger partial charge in [0.1, 0.15) is 5.75 Å². The molecule has 1 fully saturated rings. The van der Waals surface area contributed by atoms with Crippen molar-refractivity contribution in [2.45, 2.75) is 57.7 Å². The minimum Gasteiger partial charge on any atom is -0.489 e. The van der Waals surface area contributed by atoms with Crippen LogP contribution in [0.3, 0.4) is 0 Å². The predicted octanol–water partition coefficient (Wildman–Crippen LogP) is 4.10. The van der Waals surface area contributed by atoms with Gasteiger partial charge in [-0.3, -0.25) is 0 Å². The van der Waals surface area contributed by atoms with Gasteiger partial charge in [-0.15, -0.1) is 0 Å². The summed E-state index contributed by atoms with van der Waals surface area (Å²) in [4.78, 5) is 4.70. The van der Waals surface area contributed by atoms with Crippen molar-refractivity contribution in [2.75, 3.05) is 18.8 Å². The molecule has 0 saturated carbocycles. The Kier molecular flexibility index (Phi) is 5.85. The van der Waals surface area contributed by atoms with Crippen molar-refractivity contribution >= 4 is 5.69 Å². The number of hydrogen-bond donors (Lipinski definition) is 3. The van der Waals surface area contributed by atoms with Gasteiger partial charge in [0.05, 0.1) is 11.8 Å². The van der Waals surface area contributed by atoms with Crippen LogP contribution in [-0.2, 0) is 6.42 Å². The van der Waals surface area contributed by atoms with Crippen LogP contribution < -0.4 is 21.1 Å². The molecule has 1 atom stereocenters. The number of anilines is 1. The fraction of sp³-hybridized carbons (Fsp3) is 0.440. The van der Waals surface area contributed by atoms with Gasteiger partial charge >= 0.3 is 0 Å². The van der Waals surface area contributed by atoms with E-state index in [-0.39, 0.29) is 6.10 Å². The summed E-state index contributed by atoms with van der Waals surface area (Å²) in [5, 5.41) is 11.6. The summed E-state index contributed by atoms with van der Waals surface area (Å²) in [6.07, 6.45) is 4.56. The molecule has 1 aliphatic heterocycles. The lowest BCUT2D eigenvalue weighted by atomic mass is 10.00. The SMILES string of the molecule is CC(C)Oc1ccc(-c2nc(-c3cccc4c3CCC4NC3CCNCC3)no2)cc1N. The van der Waals surface area contributed by atoms with Gasteiger partial charge in [-0.25, -0.2) is 0 Å². The summed E-state index contributed by atoms with van der Waals surface area (Å²) >= 11 is 0. The third kappa shape index (κ3) is 4.23. The number of ether oxygens (including phenoxy) is 1. The molecule has 5 rings (SSSR count). The monoisotopic (exact) mass is 433 g/mol. The number of nitrogen functional groups attached to an aromatic ring is 1. The van der Waals surface area contributed by atoms with E-state index in [0.717, 1.165) is 37.1 Å². The van der Waals surface area contributed by atoms with E-state index < -0.39 is 0 Å².